The molecule has 1 fully saturated rings. The Balaban J connectivity index is 1.40. The number of hydrogen-bond acceptors (Lipinski definition) is 12. The average Bonchev–Trinajstić information content (AvgIpc) is 3.44. The quantitative estimate of drug-likeness (QED) is 0.102. The molecular weight excluding hydrogens is 602 g/mol. The molecule has 2 aliphatic rings. The Kier molecular flexibility index (Phi) is 10.0. The molecule has 0 aliphatic carbocycles. The molecule has 5 rings (SSSR count). The third kappa shape index (κ3) is 7.36. The number of aryl methyl sites for hydroxylation is 1. The maximum Gasteiger partial charge on any atom is 0.220 e. The number of aliphatic hydroxyl groups excluding tert-OH is 4. The van der Waals surface area contributed by atoms with Gasteiger partial charge in [0.15, 0.2) is 5.43 Å². The summed E-state index contributed by atoms with van der Waals surface area (Å²) in [6.07, 6.45) is -5.02. The van der Waals surface area contributed by atoms with E-state index in [0.29, 0.717) is 59.4 Å². The Labute approximate surface area is 264 Å². The molecule has 2 aliphatic heterocycles. The van der Waals surface area contributed by atoms with Crippen LogP contribution in [0.1, 0.15) is 43.1 Å². The van der Waals surface area contributed by atoms with Crippen LogP contribution in [0.15, 0.2) is 51.7 Å². The van der Waals surface area contributed by atoms with Crippen LogP contribution in [-0.2, 0) is 27.4 Å². The molecule has 0 saturated carbocycles. The fourth-order valence-corrected chi connectivity index (χ4v) is 6.11. The van der Waals surface area contributed by atoms with Crippen LogP contribution in [0.4, 0.5) is 0 Å². The van der Waals surface area contributed by atoms with Crippen LogP contribution >= 0.6 is 0 Å². The highest BCUT2D eigenvalue weighted by atomic mass is 17.2. The maximum atomic E-state index is 12.7. The highest BCUT2D eigenvalue weighted by Gasteiger charge is 2.46. The lowest BCUT2D eigenvalue weighted by Crippen LogP contribution is -2.58. The first-order valence-electron chi connectivity index (χ1n) is 15.3. The van der Waals surface area contributed by atoms with E-state index in [2.05, 4.69) is 5.32 Å². The van der Waals surface area contributed by atoms with Crippen LogP contribution in [0.5, 0.6) is 11.5 Å². The second kappa shape index (κ2) is 13.7. The van der Waals surface area contributed by atoms with E-state index in [0.717, 1.165) is 0 Å². The first-order chi connectivity index (χ1) is 21.8. The average molecular weight is 644 g/mol. The first-order valence-corrected chi connectivity index (χ1v) is 15.3. The Morgan fingerprint density at radius 3 is 2.52 bits per heavy atom. The fraction of sp³-hybridized carbons (Fsp3) is 0.515. The summed E-state index contributed by atoms with van der Waals surface area (Å²) in [7, 11) is 0. The van der Waals surface area contributed by atoms with Crippen molar-refractivity contribution in [2.75, 3.05) is 19.8 Å². The van der Waals surface area contributed by atoms with Gasteiger partial charge in [-0.2, -0.15) is 0 Å². The van der Waals surface area contributed by atoms with Gasteiger partial charge in [0.1, 0.15) is 65.1 Å². The third-order valence-corrected chi connectivity index (χ3v) is 8.97. The lowest BCUT2D eigenvalue weighted by molar-refractivity contribution is -0.371. The van der Waals surface area contributed by atoms with Gasteiger partial charge in [0.25, 0.3) is 0 Å². The van der Waals surface area contributed by atoms with Crippen LogP contribution in [0.2, 0.25) is 0 Å². The number of rotatable bonds is 13. The number of carbonyl (C=O) groups is 1. The molecular formula is C33H41NO12. The van der Waals surface area contributed by atoms with Gasteiger partial charge in [-0.25, -0.2) is 9.78 Å². The molecule has 13 heteroatoms. The summed E-state index contributed by atoms with van der Waals surface area (Å²) in [6.45, 7) is 2.53. The summed E-state index contributed by atoms with van der Waals surface area (Å²) in [6, 6.07) is 10.6. The number of hydrogen-bond donors (Lipinski definition) is 7. The molecule has 1 aromatic heterocycles. The molecule has 2 aromatic carbocycles. The van der Waals surface area contributed by atoms with Gasteiger partial charge in [-0.1, -0.05) is 12.1 Å². The number of aromatic hydroxyl groups is 1. The number of amides is 1. The summed E-state index contributed by atoms with van der Waals surface area (Å²) in [4.78, 5) is 36.0. The maximum absolute atomic E-state index is 12.7. The number of fused-ring (bicyclic) bond motifs is 2. The molecule has 0 radical (unpaired) electrons. The van der Waals surface area contributed by atoms with E-state index in [-0.39, 0.29) is 35.8 Å². The van der Waals surface area contributed by atoms with Crippen LogP contribution in [-0.4, -0.2) is 91.9 Å². The van der Waals surface area contributed by atoms with E-state index in [1.165, 1.54) is 30.3 Å². The van der Waals surface area contributed by atoms with E-state index in [9.17, 15) is 40.2 Å². The summed E-state index contributed by atoms with van der Waals surface area (Å²) < 4.78 is 12.3. The van der Waals surface area contributed by atoms with E-state index in [4.69, 9.17) is 18.9 Å². The van der Waals surface area contributed by atoms with Crippen molar-refractivity contribution in [3.05, 3.63) is 69.6 Å². The van der Waals surface area contributed by atoms with Crippen molar-refractivity contribution in [3.8, 4) is 11.5 Å². The Hall–Kier alpha value is -3.56. The molecule has 46 heavy (non-hydrogen) atoms. The van der Waals surface area contributed by atoms with Gasteiger partial charge in [-0.15, -0.1) is 0 Å². The normalized spacial score (nSPS) is 24.5. The van der Waals surface area contributed by atoms with Gasteiger partial charge < -0.3 is 45.1 Å². The van der Waals surface area contributed by atoms with Crippen LogP contribution in [0.3, 0.4) is 0 Å². The van der Waals surface area contributed by atoms with E-state index in [1.54, 1.807) is 19.1 Å². The second-order valence-electron chi connectivity index (χ2n) is 12.7. The van der Waals surface area contributed by atoms with Crippen molar-refractivity contribution in [1.82, 2.24) is 5.32 Å². The molecule has 0 bridgehead atoms. The summed E-state index contributed by atoms with van der Waals surface area (Å²) in [5, 5.41) is 65.2. The highest BCUT2D eigenvalue weighted by molar-refractivity contribution is 5.80. The Bertz CT molecular complexity index is 1590. The molecule has 250 valence electrons. The Morgan fingerprint density at radius 2 is 1.85 bits per heavy atom. The minimum Gasteiger partial charge on any atom is -0.508 e. The molecule has 13 nitrogen and oxygen atoms in total. The number of carbonyl (C=O) groups excluding carboxylic acids is 1. The monoisotopic (exact) mass is 643 g/mol. The fourth-order valence-electron chi connectivity index (χ4n) is 6.11. The van der Waals surface area contributed by atoms with Crippen molar-refractivity contribution in [1.29, 1.82) is 0 Å². The molecule has 3 aromatic rings. The Morgan fingerprint density at radius 1 is 1.11 bits per heavy atom. The lowest BCUT2D eigenvalue weighted by atomic mass is 9.83. The molecule has 1 amide bonds. The number of phenols is 1. The number of phenolic OH excluding ortho intramolecular Hbond substituents is 1. The third-order valence-electron chi connectivity index (χ3n) is 8.97. The second-order valence-corrected chi connectivity index (χ2v) is 12.7. The minimum atomic E-state index is -2.22. The summed E-state index contributed by atoms with van der Waals surface area (Å²) in [5.74, 6) is 1.03. The largest absolute Gasteiger partial charge is 0.508 e. The van der Waals surface area contributed by atoms with Crippen molar-refractivity contribution < 1.29 is 54.4 Å². The van der Waals surface area contributed by atoms with E-state index in [1.807, 2.05) is 6.92 Å². The molecule has 3 heterocycles. The molecule has 1 saturated heterocycles. The summed E-state index contributed by atoms with van der Waals surface area (Å²) >= 11 is 0. The van der Waals surface area contributed by atoms with Gasteiger partial charge in [-0.3, -0.25) is 9.59 Å². The molecule has 0 spiro atoms. The predicted molar refractivity (Wildman–Crippen MR) is 163 cm³/mol. The number of benzene rings is 2. The number of ether oxygens (including phenoxy) is 1. The summed E-state index contributed by atoms with van der Waals surface area (Å²) in [5.41, 5.74) is -1.93. The van der Waals surface area contributed by atoms with E-state index < -0.39 is 48.8 Å². The van der Waals surface area contributed by atoms with Crippen molar-refractivity contribution >= 4 is 16.9 Å². The molecule has 7 atom stereocenters. The van der Waals surface area contributed by atoms with Gasteiger partial charge in [0, 0.05) is 37.9 Å². The van der Waals surface area contributed by atoms with Gasteiger partial charge in [0.05, 0.1) is 12.0 Å². The van der Waals surface area contributed by atoms with Crippen molar-refractivity contribution in [2.24, 2.45) is 5.92 Å². The highest BCUT2D eigenvalue weighted by Crippen LogP contribution is 2.40. The lowest BCUT2D eigenvalue weighted by Gasteiger charge is -2.42. The van der Waals surface area contributed by atoms with Gasteiger partial charge in [0.2, 0.25) is 5.91 Å². The van der Waals surface area contributed by atoms with Gasteiger partial charge in [-0.05, 0) is 61.9 Å². The van der Waals surface area contributed by atoms with Crippen molar-refractivity contribution in [2.45, 2.75) is 81.6 Å². The molecule has 7 N–H and O–H groups in total. The van der Waals surface area contributed by atoms with E-state index >= 15 is 0 Å². The smallest absolute Gasteiger partial charge is 0.220 e. The van der Waals surface area contributed by atoms with Crippen LogP contribution < -0.4 is 15.5 Å². The zero-order valence-corrected chi connectivity index (χ0v) is 25.7. The van der Waals surface area contributed by atoms with Gasteiger partial charge >= 0.3 is 0 Å². The van der Waals surface area contributed by atoms with Crippen LogP contribution in [0.25, 0.3) is 11.0 Å². The number of nitrogens with one attached hydrogen (secondary N) is 1. The van der Waals surface area contributed by atoms with Crippen LogP contribution in [0, 0.1) is 12.8 Å². The minimum absolute atomic E-state index is 0.0153. The first kappa shape index (κ1) is 33.8. The van der Waals surface area contributed by atoms with Crippen molar-refractivity contribution in [3.63, 3.8) is 0 Å². The molecule has 0 unspecified atom stereocenters. The zero-order valence-electron chi connectivity index (χ0n) is 25.7. The predicted octanol–water partition coefficient (Wildman–Crippen LogP) is 0.783. The SMILES string of the molecule is Cc1cc(=O)c2cc3c(cc2o1)O[C@](C)(CC[C@@H]1CNC(=O)C1)[C@H](OOC[C@@](O)(Cc1ccc(O)cc1)[C@@H](O)[C@H](O)[C@H](O)CO)C3. The topological polar surface area (TPSA) is 208 Å². The standard InChI is InChI=1S/C33H41NO12/c1-18-9-24(37)23-11-21-12-28(32(2,45-26(21)13-27(23)44-18)8-7-20-10-29(39)34-15-20)46-43-17-33(42,31(41)30(40)25(38)16-35)14-19-3-5-22(36)6-4-19/h3-6,9,11,13,20,25,28,30-31,35-36,38,40-42H,7-8,10,12,14-17H2,1-2H3,(H,34,39)/t20-,25+,28+,30+,31-,32+,33-/m0/s1. The number of aliphatic hydroxyl groups is 5. The zero-order chi connectivity index (χ0) is 33.2.